The van der Waals surface area contributed by atoms with E-state index in [1.165, 1.54) is 16.6 Å². The predicted molar refractivity (Wildman–Crippen MR) is 105 cm³/mol. The number of carbonyl (C=O) groups excluding carboxylic acids is 2. The van der Waals surface area contributed by atoms with E-state index in [9.17, 15) is 9.59 Å². The lowest BCUT2D eigenvalue weighted by Crippen LogP contribution is -2.32. The van der Waals surface area contributed by atoms with Gasteiger partial charge in [-0.05, 0) is 43.3 Å². The first kappa shape index (κ1) is 18.0. The van der Waals surface area contributed by atoms with Gasteiger partial charge in [-0.3, -0.25) is 9.59 Å². The second kappa shape index (κ2) is 8.54. The molecule has 2 amide bonds. The molecule has 1 fully saturated rings. The zero-order chi connectivity index (χ0) is 17.6. The van der Waals surface area contributed by atoms with Crippen molar-refractivity contribution in [2.24, 2.45) is 0 Å². The second-order valence-electron chi connectivity index (χ2n) is 6.17. The number of amides is 2. The van der Waals surface area contributed by atoms with Gasteiger partial charge in [0.15, 0.2) is 0 Å². The average molecular weight is 375 g/mol. The summed E-state index contributed by atoms with van der Waals surface area (Å²) in [6, 6.07) is 12.1. The van der Waals surface area contributed by atoms with Gasteiger partial charge in [-0.2, -0.15) is 0 Å². The van der Waals surface area contributed by atoms with Crippen LogP contribution in [0.25, 0.3) is 0 Å². The van der Waals surface area contributed by atoms with Gasteiger partial charge in [0.25, 0.3) is 0 Å². The highest BCUT2D eigenvalue weighted by Crippen LogP contribution is 2.34. The smallest absolute Gasteiger partial charge is 0.234 e. The molecule has 0 bridgehead atoms. The van der Waals surface area contributed by atoms with Crippen LogP contribution in [0.1, 0.15) is 29.3 Å². The first-order valence-corrected chi connectivity index (χ1v) is 10.4. The van der Waals surface area contributed by atoms with Crippen LogP contribution in [0.4, 0.5) is 5.69 Å². The van der Waals surface area contributed by atoms with Gasteiger partial charge < -0.3 is 10.2 Å². The summed E-state index contributed by atoms with van der Waals surface area (Å²) in [4.78, 5) is 27.7. The van der Waals surface area contributed by atoms with Gasteiger partial charge in [-0.25, -0.2) is 0 Å². The molecule has 1 aromatic carbocycles. The zero-order valence-electron chi connectivity index (χ0n) is 14.2. The van der Waals surface area contributed by atoms with E-state index < -0.39 is 0 Å². The van der Waals surface area contributed by atoms with Gasteiger partial charge in [0.1, 0.15) is 0 Å². The van der Waals surface area contributed by atoms with Gasteiger partial charge in [-0.15, -0.1) is 23.1 Å². The van der Waals surface area contributed by atoms with E-state index in [0.717, 1.165) is 30.6 Å². The summed E-state index contributed by atoms with van der Waals surface area (Å²) >= 11 is 3.09. The van der Waals surface area contributed by atoms with Crippen molar-refractivity contribution in [3.05, 3.63) is 52.2 Å². The molecule has 1 saturated heterocycles. The van der Waals surface area contributed by atoms with Crippen LogP contribution in [0.2, 0.25) is 0 Å². The molecule has 1 N–H and O–H groups in total. The minimum atomic E-state index is -0.0714. The quantitative estimate of drug-likeness (QED) is 0.828. The normalized spacial score (nSPS) is 16.8. The molecule has 0 radical (unpaired) electrons. The number of nitrogens with one attached hydrogen (secondary N) is 1. The largest absolute Gasteiger partial charge is 0.334 e. The molecular formula is C19H22N2O2S2. The Hall–Kier alpha value is -1.79. The van der Waals surface area contributed by atoms with Crippen molar-refractivity contribution in [3.8, 4) is 0 Å². The van der Waals surface area contributed by atoms with Crippen molar-refractivity contribution >= 4 is 40.6 Å². The Labute approximate surface area is 156 Å². The van der Waals surface area contributed by atoms with E-state index in [1.807, 2.05) is 42.2 Å². The maximum Gasteiger partial charge on any atom is 0.234 e. The fourth-order valence-electron chi connectivity index (χ4n) is 2.99. The number of carbonyl (C=O) groups is 2. The van der Waals surface area contributed by atoms with Crippen molar-refractivity contribution < 1.29 is 9.59 Å². The minimum Gasteiger partial charge on any atom is -0.334 e. The maximum atomic E-state index is 12.5. The lowest BCUT2D eigenvalue weighted by atomic mass is 10.2. The van der Waals surface area contributed by atoms with E-state index in [0.29, 0.717) is 5.75 Å². The number of rotatable bonds is 6. The molecule has 1 unspecified atom stereocenters. The molecule has 1 aromatic heterocycles. The Kier molecular flexibility index (Phi) is 6.15. The topological polar surface area (TPSA) is 49.4 Å². The summed E-state index contributed by atoms with van der Waals surface area (Å²) in [5.41, 5.74) is 1.95. The monoisotopic (exact) mass is 374 g/mol. The predicted octanol–water partition coefficient (Wildman–Crippen LogP) is 4.09. The highest BCUT2D eigenvalue weighted by molar-refractivity contribution is 8.00. The molecule has 4 nitrogen and oxygen atoms in total. The van der Waals surface area contributed by atoms with E-state index in [4.69, 9.17) is 0 Å². The molecule has 1 aliphatic rings. The molecule has 0 aliphatic carbocycles. The van der Waals surface area contributed by atoms with Gasteiger partial charge in [0.05, 0.1) is 17.5 Å². The number of thiophene rings is 1. The maximum absolute atomic E-state index is 12.5. The first-order valence-electron chi connectivity index (χ1n) is 8.40. The van der Waals surface area contributed by atoms with Crippen molar-refractivity contribution in [3.63, 3.8) is 0 Å². The molecule has 25 heavy (non-hydrogen) atoms. The van der Waals surface area contributed by atoms with Crippen LogP contribution in [0.3, 0.4) is 0 Å². The number of aryl methyl sites for hydroxylation is 1. The van der Waals surface area contributed by atoms with Crippen LogP contribution in [-0.2, 0) is 9.59 Å². The third-order valence-electron chi connectivity index (χ3n) is 4.24. The molecule has 132 valence electrons. The average Bonchev–Trinajstić information content (AvgIpc) is 3.27. The lowest BCUT2D eigenvalue weighted by molar-refractivity contribution is -0.129. The van der Waals surface area contributed by atoms with Crippen LogP contribution < -0.4 is 5.32 Å². The van der Waals surface area contributed by atoms with Crippen molar-refractivity contribution in [2.75, 3.05) is 23.4 Å². The van der Waals surface area contributed by atoms with Crippen molar-refractivity contribution in [2.45, 2.75) is 25.8 Å². The number of thioether (sulfide) groups is 1. The SMILES string of the molecule is Cc1ccc(NC(=O)CSCC(=O)N2CCCC2c2cccs2)cc1. The van der Waals surface area contributed by atoms with Gasteiger partial charge >= 0.3 is 0 Å². The Morgan fingerprint density at radius 1 is 1.24 bits per heavy atom. The van der Waals surface area contributed by atoms with Crippen LogP contribution >= 0.6 is 23.1 Å². The number of nitrogens with zero attached hydrogens (tertiary/aromatic N) is 1. The van der Waals surface area contributed by atoms with Crippen molar-refractivity contribution in [1.82, 2.24) is 4.90 Å². The second-order valence-corrected chi connectivity index (χ2v) is 8.13. The molecule has 2 heterocycles. The number of likely N-dealkylation sites (tertiary alicyclic amines) is 1. The minimum absolute atomic E-state index is 0.0714. The molecule has 0 saturated carbocycles. The molecular weight excluding hydrogens is 352 g/mol. The first-order chi connectivity index (χ1) is 12.1. The third kappa shape index (κ3) is 4.86. The van der Waals surface area contributed by atoms with Gasteiger partial charge in [-0.1, -0.05) is 23.8 Å². The Morgan fingerprint density at radius 3 is 2.76 bits per heavy atom. The summed E-state index contributed by atoms with van der Waals surface area (Å²) in [5, 5.41) is 4.92. The lowest BCUT2D eigenvalue weighted by Gasteiger charge is -2.23. The molecule has 3 rings (SSSR count). The van der Waals surface area contributed by atoms with E-state index >= 15 is 0 Å². The molecule has 2 aromatic rings. The summed E-state index contributed by atoms with van der Waals surface area (Å²) in [5.74, 6) is 0.697. The van der Waals surface area contributed by atoms with E-state index in [1.54, 1.807) is 11.3 Å². The highest BCUT2D eigenvalue weighted by Gasteiger charge is 2.30. The van der Waals surface area contributed by atoms with Gasteiger partial charge in [0, 0.05) is 17.1 Å². The summed E-state index contributed by atoms with van der Waals surface area (Å²) < 4.78 is 0. The number of anilines is 1. The molecule has 0 spiro atoms. The summed E-state index contributed by atoms with van der Waals surface area (Å²) in [7, 11) is 0. The summed E-state index contributed by atoms with van der Waals surface area (Å²) in [6.45, 7) is 2.83. The Morgan fingerprint density at radius 2 is 2.04 bits per heavy atom. The fourth-order valence-corrected chi connectivity index (χ4v) is 4.56. The van der Waals surface area contributed by atoms with Crippen LogP contribution in [0.5, 0.6) is 0 Å². The standard InChI is InChI=1S/C19H22N2O2S2/c1-14-6-8-15(9-7-14)20-18(22)12-24-13-19(23)21-10-2-4-16(21)17-5-3-11-25-17/h3,5-9,11,16H,2,4,10,12-13H2,1H3,(H,20,22). The van der Waals surface area contributed by atoms with E-state index in [2.05, 4.69) is 16.8 Å². The third-order valence-corrected chi connectivity index (χ3v) is 6.13. The summed E-state index contributed by atoms with van der Waals surface area (Å²) in [6.07, 6.45) is 2.08. The van der Waals surface area contributed by atoms with Crippen LogP contribution in [-0.4, -0.2) is 34.8 Å². The highest BCUT2D eigenvalue weighted by atomic mass is 32.2. The molecule has 1 aliphatic heterocycles. The fraction of sp³-hybridized carbons (Fsp3) is 0.368. The number of benzene rings is 1. The Balaban J connectivity index is 1.44. The van der Waals surface area contributed by atoms with Gasteiger partial charge in [0.2, 0.25) is 11.8 Å². The molecule has 1 atom stereocenters. The zero-order valence-corrected chi connectivity index (χ0v) is 15.9. The Bertz CT molecular complexity index is 714. The number of hydrogen-bond acceptors (Lipinski definition) is 4. The molecule has 6 heteroatoms. The van der Waals surface area contributed by atoms with Crippen LogP contribution in [0, 0.1) is 6.92 Å². The van der Waals surface area contributed by atoms with Crippen molar-refractivity contribution in [1.29, 1.82) is 0 Å². The van der Waals surface area contributed by atoms with Crippen LogP contribution in [0.15, 0.2) is 41.8 Å². The van der Waals surface area contributed by atoms with E-state index in [-0.39, 0.29) is 23.6 Å². The number of hydrogen-bond donors (Lipinski definition) is 1.